The summed E-state index contributed by atoms with van der Waals surface area (Å²) >= 11 is 0. The number of nitrogens with zero attached hydrogens (tertiary/aromatic N) is 4. The highest BCUT2D eigenvalue weighted by Crippen LogP contribution is 2.38. The van der Waals surface area contributed by atoms with Gasteiger partial charge in [0.05, 0.1) is 6.04 Å². The molecule has 3 aromatic rings. The van der Waals surface area contributed by atoms with Crippen molar-refractivity contribution in [1.29, 1.82) is 0 Å². The predicted molar refractivity (Wildman–Crippen MR) is 107 cm³/mol. The van der Waals surface area contributed by atoms with Crippen molar-refractivity contribution in [3.05, 3.63) is 58.8 Å². The molecule has 2 heterocycles. The summed E-state index contributed by atoms with van der Waals surface area (Å²) in [6.45, 7) is 5.53. The molecule has 4 rings (SSSR count). The topological polar surface area (TPSA) is 97.0 Å². The van der Waals surface area contributed by atoms with Crippen molar-refractivity contribution in [2.24, 2.45) is 11.8 Å². The van der Waals surface area contributed by atoms with Gasteiger partial charge in [-0.2, -0.15) is 5.10 Å². The molecule has 1 aromatic carbocycles. The Kier molecular flexibility index (Phi) is 5.33. The van der Waals surface area contributed by atoms with E-state index < -0.39 is 5.76 Å². The molecule has 0 atom stereocenters. The number of carbonyl (C=O) groups excluding carboxylic acids is 1. The lowest BCUT2D eigenvalue weighted by Gasteiger charge is -2.38. The van der Waals surface area contributed by atoms with Crippen molar-refractivity contribution in [2.45, 2.75) is 39.3 Å². The van der Waals surface area contributed by atoms with Gasteiger partial charge in [0.25, 0.3) is 0 Å². The first-order chi connectivity index (χ1) is 14.0. The quantitative estimate of drug-likeness (QED) is 0.663. The predicted octanol–water partition coefficient (Wildman–Crippen LogP) is 2.86. The van der Waals surface area contributed by atoms with Gasteiger partial charge in [0, 0.05) is 37.0 Å². The minimum absolute atomic E-state index is 0.0578. The Morgan fingerprint density at radius 1 is 1.31 bits per heavy atom. The van der Waals surface area contributed by atoms with Gasteiger partial charge in [-0.3, -0.25) is 19.0 Å². The van der Waals surface area contributed by atoms with Crippen molar-refractivity contribution in [2.75, 3.05) is 6.54 Å². The molecule has 0 bridgehead atoms. The highest BCUT2D eigenvalue weighted by Gasteiger charge is 2.38. The molecule has 2 aromatic heterocycles. The van der Waals surface area contributed by atoms with E-state index >= 15 is 0 Å². The molecular formula is C21H25N5O3. The third-order valence-electron chi connectivity index (χ3n) is 5.30. The van der Waals surface area contributed by atoms with Crippen LogP contribution in [0.3, 0.4) is 0 Å². The van der Waals surface area contributed by atoms with Crippen molar-refractivity contribution in [3.63, 3.8) is 0 Å². The van der Waals surface area contributed by atoms with Crippen LogP contribution in [-0.2, 0) is 11.3 Å². The standard InChI is InChI=1S/C21H25N5O3/c1-14(2)12-25(20(27)17-10-18(11-17)26-9-3-8-22-26)13-15-4-6-16(7-5-15)19-23-21(28)29-24-19/h3-9,14,17-18H,10-13H2,1-2H3,(H,23,24,28). The van der Waals surface area contributed by atoms with Crippen molar-refractivity contribution in [1.82, 2.24) is 24.8 Å². The van der Waals surface area contributed by atoms with Gasteiger partial charge in [0.1, 0.15) is 0 Å². The van der Waals surface area contributed by atoms with Gasteiger partial charge in [-0.15, -0.1) is 0 Å². The number of aromatic amines is 1. The van der Waals surface area contributed by atoms with E-state index in [2.05, 4.69) is 33.6 Å². The van der Waals surface area contributed by atoms with Gasteiger partial charge in [-0.05, 0) is 30.4 Å². The molecule has 1 fully saturated rings. The number of amides is 1. The van der Waals surface area contributed by atoms with E-state index in [1.807, 2.05) is 46.1 Å². The molecule has 0 aliphatic heterocycles. The average molecular weight is 395 g/mol. The van der Waals surface area contributed by atoms with Crippen LogP contribution in [-0.4, -0.2) is 37.3 Å². The normalized spacial score (nSPS) is 18.6. The Bertz CT molecular complexity index is 998. The zero-order chi connectivity index (χ0) is 20.4. The number of H-pyrrole nitrogens is 1. The van der Waals surface area contributed by atoms with Crippen LogP contribution in [0.5, 0.6) is 0 Å². The summed E-state index contributed by atoms with van der Waals surface area (Å²) in [7, 11) is 0. The van der Waals surface area contributed by atoms with Gasteiger partial charge < -0.3 is 4.90 Å². The van der Waals surface area contributed by atoms with E-state index in [0.29, 0.717) is 24.3 Å². The molecular weight excluding hydrogens is 370 g/mol. The molecule has 0 unspecified atom stereocenters. The fraction of sp³-hybridized carbons (Fsp3) is 0.429. The number of nitrogens with one attached hydrogen (secondary N) is 1. The Morgan fingerprint density at radius 2 is 2.07 bits per heavy atom. The maximum Gasteiger partial charge on any atom is 0.439 e. The Morgan fingerprint density at radius 3 is 2.66 bits per heavy atom. The van der Waals surface area contributed by atoms with E-state index in [1.165, 1.54) is 0 Å². The van der Waals surface area contributed by atoms with Crippen LogP contribution in [0.2, 0.25) is 0 Å². The number of rotatable bonds is 7. The molecule has 1 aliphatic carbocycles. The van der Waals surface area contributed by atoms with Gasteiger partial charge in [-0.1, -0.05) is 43.3 Å². The van der Waals surface area contributed by atoms with Crippen LogP contribution in [0.25, 0.3) is 11.4 Å². The molecule has 1 amide bonds. The Balaban J connectivity index is 1.41. The summed E-state index contributed by atoms with van der Waals surface area (Å²) in [5, 5.41) is 7.99. The van der Waals surface area contributed by atoms with Crippen molar-refractivity contribution < 1.29 is 9.32 Å². The number of carbonyl (C=O) groups is 1. The second kappa shape index (κ2) is 8.06. The lowest BCUT2D eigenvalue weighted by molar-refractivity contribution is -0.141. The van der Waals surface area contributed by atoms with Crippen LogP contribution in [0, 0.1) is 11.8 Å². The summed E-state index contributed by atoms with van der Waals surface area (Å²) in [6, 6.07) is 9.89. The molecule has 1 N–H and O–H groups in total. The molecule has 29 heavy (non-hydrogen) atoms. The smallest absolute Gasteiger partial charge is 0.338 e. The van der Waals surface area contributed by atoms with E-state index in [9.17, 15) is 9.59 Å². The SMILES string of the molecule is CC(C)CN(Cc1ccc(-c2noc(=O)[nH]2)cc1)C(=O)C1CC(n2cccn2)C1. The molecule has 152 valence electrons. The minimum Gasteiger partial charge on any atom is -0.338 e. The van der Waals surface area contributed by atoms with E-state index in [-0.39, 0.29) is 11.8 Å². The molecule has 0 spiro atoms. The highest BCUT2D eigenvalue weighted by molar-refractivity contribution is 5.80. The third-order valence-corrected chi connectivity index (χ3v) is 5.30. The second-order valence-corrected chi connectivity index (χ2v) is 8.06. The summed E-state index contributed by atoms with van der Waals surface area (Å²) < 4.78 is 6.50. The molecule has 0 saturated heterocycles. The maximum absolute atomic E-state index is 13.1. The zero-order valence-electron chi connectivity index (χ0n) is 16.6. The van der Waals surface area contributed by atoms with Crippen LogP contribution in [0.1, 0.15) is 38.3 Å². The number of hydrogen-bond donors (Lipinski definition) is 1. The Labute approximate surface area is 168 Å². The minimum atomic E-state index is -0.577. The summed E-state index contributed by atoms with van der Waals surface area (Å²) in [4.78, 5) is 28.7. The van der Waals surface area contributed by atoms with Crippen molar-refractivity contribution in [3.8, 4) is 11.4 Å². The molecule has 8 heteroatoms. The van der Waals surface area contributed by atoms with E-state index in [4.69, 9.17) is 0 Å². The number of aromatic nitrogens is 4. The number of hydrogen-bond acceptors (Lipinski definition) is 5. The molecule has 1 saturated carbocycles. The summed E-state index contributed by atoms with van der Waals surface area (Å²) in [6.07, 6.45) is 5.42. The maximum atomic E-state index is 13.1. The fourth-order valence-corrected chi connectivity index (χ4v) is 3.78. The molecule has 1 aliphatic rings. The fourth-order valence-electron chi connectivity index (χ4n) is 3.78. The van der Waals surface area contributed by atoms with E-state index in [0.717, 1.165) is 30.5 Å². The van der Waals surface area contributed by atoms with Gasteiger partial charge in [0.15, 0.2) is 5.82 Å². The van der Waals surface area contributed by atoms with Gasteiger partial charge in [0.2, 0.25) is 5.91 Å². The first-order valence-corrected chi connectivity index (χ1v) is 9.93. The lowest BCUT2D eigenvalue weighted by atomic mass is 9.79. The third kappa shape index (κ3) is 4.31. The summed E-state index contributed by atoms with van der Waals surface area (Å²) in [5.41, 5.74) is 1.80. The van der Waals surface area contributed by atoms with Gasteiger partial charge in [-0.25, -0.2) is 4.79 Å². The second-order valence-electron chi connectivity index (χ2n) is 8.06. The largest absolute Gasteiger partial charge is 0.439 e. The van der Waals surface area contributed by atoms with Gasteiger partial charge >= 0.3 is 5.76 Å². The first kappa shape index (κ1) is 19.2. The Hall–Kier alpha value is -3.16. The summed E-state index contributed by atoms with van der Waals surface area (Å²) in [5.74, 6) is 0.484. The van der Waals surface area contributed by atoms with Crippen LogP contribution < -0.4 is 5.76 Å². The highest BCUT2D eigenvalue weighted by atomic mass is 16.5. The van der Waals surface area contributed by atoms with Crippen LogP contribution in [0.15, 0.2) is 52.0 Å². The van der Waals surface area contributed by atoms with Crippen LogP contribution >= 0.6 is 0 Å². The molecule has 0 radical (unpaired) electrons. The number of benzene rings is 1. The monoisotopic (exact) mass is 395 g/mol. The zero-order valence-corrected chi connectivity index (χ0v) is 16.6. The lowest BCUT2D eigenvalue weighted by Crippen LogP contribution is -2.43. The van der Waals surface area contributed by atoms with E-state index in [1.54, 1.807) is 6.20 Å². The van der Waals surface area contributed by atoms with Crippen LogP contribution in [0.4, 0.5) is 0 Å². The van der Waals surface area contributed by atoms with Crippen molar-refractivity contribution >= 4 is 5.91 Å². The molecule has 8 nitrogen and oxygen atoms in total. The first-order valence-electron chi connectivity index (χ1n) is 9.93. The average Bonchev–Trinajstić information content (AvgIpc) is 3.32.